The van der Waals surface area contributed by atoms with E-state index in [0.29, 0.717) is 5.92 Å². The normalized spacial score (nSPS) is 15.2. The van der Waals surface area contributed by atoms with Crippen LogP contribution in [0, 0.1) is 5.82 Å². The molecule has 174 valence electrons. The van der Waals surface area contributed by atoms with Crippen LogP contribution in [0.15, 0.2) is 54.6 Å². The number of nitrogens with two attached hydrogens (primary N) is 1. The zero-order valence-electron chi connectivity index (χ0n) is 18.5. The third-order valence-corrected chi connectivity index (χ3v) is 5.47. The predicted molar refractivity (Wildman–Crippen MR) is 127 cm³/mol. The quantitative estimate of drug-likeness (QED) is 0.409. The number of pyridine rings is 1. The number of aromatic nitrogens is 1. The first kappa shape index (κ1) is 24.5. The molecule has 0 bridgehead atoms. The number of carbonyl (C=O) groups is 1. The molecule has 1 aromatic heterocycles. The van der Waals surface area contributed by atoms with E-state index in [1.807, 2.05) is 24.3 Å². The van der Waals surface area contributed by atoms with Crippen molar-refractivity contribution in [1.82, 2.24) is 4.98 Å². The zero-order valence-corrected chi connectivity index (χ0v) is 18.5. The molecule has 1 aliphatic rings. The van der Waals surface area contributed by atoms with Gasteiger partial charge >= 0.3 is 5.97 Å². The van der Waals surface area contributed by atoms with E-state index in [1.54, 1.807) is 24.3 Å². The van der Waals surface area contributed by atoms with E-state index >= 15 is 0 Å². The molecule has 2 aromatic carbocycles. The fourth-order valence-corrected chi connectivity index (χ4v) is 3.86. The largest absolute Gasteiger partial charge is 0.481 e. The summed E-state index contributed by atoms with van der Waals surface area (Å²) in [4.78, 5) is 15.6. The second kappa shape index (κ2) is 11.1. The number of benzene rings is 2. The Hall–Kier alpha value is -3.13. The molecule has 6 nitrogen and oxygen atoms in total. The van der Waals surface area contributed by atoms with Crippen molar-refractivity contribution < 1.29 is 24.5 Å². The molecule has 4 rings (SSSR count). The highest BCUT2D eigenvalue weighted by molar-refractivity contribution is 5.99. The fraction of sp³-hybridized carbons (Fsp3) is 0.308. The van der Waals surface area contributed by atoms with Crippen LogP contribution < -0.4 is 5.73 Å². The molecule has 0 unspecified atom stereocenters. The van der Waals surface area contributed by atoms with Crippen LogP contribution in [0.3, 0.4) is 0 Å². The molecule has 3 aromatic rings. The monoisotopic (exact) mass is 452 g/mol. The smallest absolute Gasteiger partial charge is 0.305 e. The lowest BCUT2D eigenvalue weighted by Crippen LogP contribution is -2.19. The van der Waals surface area contributed by atoms with Gasteiger partial charge in [-0.2, -0.15) is 0 Å². The molecule has 5 N–H and O–H groups in total. The van der Waals surface area contributed by atoms with Gasteiger partial charge in [0.05, 0.1) is 29.8 Å². The highest BCUT2D eigenvalue weighted by atomic mass is 19.1. The summed E-state index contributed by atoms with van der Waals surface area (Å²) in [6.07, 6.45) is 2.80. The number of carboxylic acid groups (broad SMARTS) is 1. The first-order valence-corrected chi connectivity index (χ1v) is 10.9. The lowest BCUT2D eigenvalue weighted by molar-refractivity contribution is -0.139. The number of carboxylic acids is 1. The molecule has 7 heteroatoms. The van der Waals surface area contributed by atoms with Crippen LogP contribution in [0.5, 0.6) is 0 Å². The molecule has 1 aliphatic carbocycles. The van der Waals surface area contributed by atoms with Gasteiger partial charge in [-0.25, -0.2) is 4.39 Å². The Morgan fingerprint density at radius 1 is 1.15 bits per heavy atom. The van der Waals surface area contributed by atoms with Gasteiger partial charge in [-0.05, 0) is 43.7 Å². The first-order valence-electron chi connectivity index (χ1n) is 10.9. The van der Waals surface area contributed by atoms with Gasteiger partial charge in [-0.15, -0.1) is 0 Å². The third kappa shape index (κ3) is 6.22. The van der Waals surface area contributed by atoms with Gasteiger partial charge in [0.2, 0.25) is 0 Å². The second-order valence-electron chi connectivity index (χ2n) is 8.00. The van der Waals surface area contributed by atoms with Gasteiger partial charge in [0.15, 0.2) is 0 Å². The summed E-state index contributed by atoms with van der Waals surface area (Å²) in [5.74, 6) is -1.10. The fourth-order valence-electron chi connectivity index (χ4n) is 3.86. The molecule has 0 radical (unpaired) electrons. The van der Waals surface area contributed by atoms with E-state index in [2.05, 4.69) is 5.73 Å². The van der Waals surface area contributed by atoms with Crippen molar-refractivity contribution in [3.63, 3.8) is 0 Å². The van der Waals surface area contributed by atoms with Crippen molar-refractivity contribution in [3.05, 3.63) is 71.7 Å². The van der Waals surface area contributed by atoms with Gasteiger partial charge in [-0.3, -0.25) is 9.78 Å². The summed E-state index contributed by atoms with van der Waals surface area (Å²) in [7, 11) is 1.50. The van der Waals surface area contributed by atoms with Crippen molar-refractivity contribution in [1.29, 1.82) is 0 Å². The Labute approximate surface area is 192 Å². The van der Waals surface area contributed by atoms with E-state index in [0.717, 1.165) is 46.1 Å². The number of nitrogens with zero attached hydrogens (tertiary/aromatic N) is 1. The molecule has 33 heavy (non-hydrogen) atoms. The van der Waals surface area contributed by atoms with Crippen LogP contribution in [0.25, 0.3) is 28.1 Å². The molecular weight excluding hydrogens is 423 g/mol. The Morgan fingerprint density at radius 3 is 2.45 bits per heavy atom. The SMILES string of the molecule is CN.O=C(O)C[C@H](O)C[C@H](O)/C=C/c1c(C2CC2)nc2ccccc2c1-c1ccc(F)cc1. The van der Waals surface area contributed by atoms with E-state index < -0.39 is 24.6 Å². The second-order valence-corrected chi connectivity index (χ2v) is 8.00. The van der Waals surface area contributed by atoms with Gasteiger partial charge < -0.3 is 21.1 Å². The molecule has 0 spiro atoms. The van der Waals surface area contributed by atoms with Gasteiger partial charge in [0.1, 0.15) is 5.82 Å². The molecule has 0 aliphatic heterocycles. The molecule has 0 amide bonds. The average molecular weight is 453 g/mol. The number of para-hydroxylation sites is 1. The summed E-state index contributed by atoms with van der Waals surface area (Å²) < 4.78 is 13.6. The van der Waals surface area contributed by atoms with Crippen molar-refractivity contribution in [3.8, 4) is 11.1 Å². The van der Waals surface area contributed by atoms with Crippen molar-refractivity contribution in [2.45, 2.75) is 43.8 Å². The molecule has 1 fully saturated rings. The molecule has 2 atom stereocenters. The molecule has 0 saturated heterocycles. The number of aliphatic hydroxyl groups excluding tert-OH is 2. The predicted octanol–water partition coefficient (Wildman–Crippen LogP) is 4.09. The Morgan fingerprint density at radius 2 is 1.82 bits per heavy atom. The summed E-state index contributed by atoms with van der Waals surface area (Å²) in [5, 5.41) is 29.9. The van der Waals surface area contributed by atoms with Crippen LogP contribution in [0.4, 0.5) is 4.39 Å². The van der Waals surface area contributed by atoms with Crippen LogP contribution >= 0.6 is 0 Å². The number of rotatable bonds is 8. The summed E-state index contributed by atoms with van der Waals surface area (Å²) in [6, 6.07) is 14.1. The number of aliphatic carboxylic acids is 1. The zero-order chi connectivity index (χ0) is 24.0. The lowest BCUT2D eigenvalue weighted by atomic mass is 9.92. The summed E-state index contributed by atoms with van der Waals surface area (Å²) in [6.45, 7) is 0. The number of hydrogen-bond acceptors (Lipinski definition) is 5. The highest BCUT2D eigenvalue weighted by Gasteiger charge is 2.29. The van der Waals surface area contributed by atoms with E-state index in [1.165, 1.54) is 19.2 Å². The summed E-state index contributed by atoms with van der Waals surface area (Å²) >= 11 is 0. The molecule has 1 saturated carbocycles. The third-order valence-electron chi connectivity index (χ3n) is 5.47. The number of fused-ring (bicyclic) bond motifs is 1. The van der Waals surface area contributed by atoms with Crippen LogP contribution in [-0.4, -0.2) is 45.5 Å². The van der Waals surface area contributed by atoms with Gasteiger partial charge in [0, 0.05) is 28.9 Å². The standard InChI is InChI=1S/C25H24FNO4.CH5N/c26-17-9-7-15(8-10-17)24-20-3-1-2-4-22(20)27-25(16-5-6-16)21(24)12-11-18(28)13-19(29)14-23(30)31;1-2/h1-4,7-12,16,18-19,28-29H,5-6,13-14H2,(H,30,31);2H2,1H3/b12-11+;/t18-,19-;/m1./s1. The van der Waals surface area contributed by atoms with Crippen molar-refractivity contribution >= 4 is 22.9 Å². The van der Waals surface area contributed by atoms with E-state index in [4.69, 9.17) is 10.1 Å². The number of halogens is 1. The minimum atomic E-state index is -1.13. The van der Waals surface area contributed by atoms with E-state index in [-0.39, 0.29) is 12.2 Å². The first-order chi connectivity index (χ1) is 15.9. The molecular formula is C26H29FN2O4. The topological polar surface area (TPSA) is 117 Å². The average Bonchev–Trinajstić information content (AvgIpc) is 3.63. The Bertz CT molecular complexity index is 1130. The highest BCUT2D eigenvalue weighted by Crippen LogP contribution is 2.45. The number of hydrogen-bond donors (Lipinski definition) is 4. The van der Waals surface area contributed by atoms with Gasteiger partial charge in [-0.1, -0.05) is 42.5 Å². The maximum absolute atomic E-state index is 13.6. The van der Waals surface area contributed by atoms with E-state index in [9.17, 15) is 19.4 Å². The minimum Gasteiger partial charge on any atom is -0.481 e. The van der Waals surface area contributed by atoms with Crippen LogP contribution in [0.2, 0.25) is 0 Å². The van der Waals surface area contributed by atoms with Gasteiger partial charge in [0.25, 0.3) is 0 Å². The maximum atomic E-state index is 13.6. The Kier molecular flexibility index (Phi) is 8.27. The maximum Gasteiger partial charge on any atom is 0.305 e. The minimum absolute atomic E-state index is 0.0749. The molecule has 1 heterocycles. The van der Waals surface area contributed by atoms with Crippen molar-refractivity contribution in [2.75, 3.05) is 7.05 Å². The lowest BCUT2D eigenvalue weighted by Gasteiger charge is -2.16. The van der Waals surface area contributed by atoms with Crippen LogP contribution in [0.1, 0.15) is 42.9 Å². The van der Waals surface area contributed by atoms with Crippen molar-refractivity contribution in [2.24, 2.45) is 5.73 Å². The van der Waals surface area contributed by atoms with Crippen LogP contribution in [-0.2, 0) is 4.79 Å². The Balaban J connectivity index is 0.00000149. The summed E-state index contributed by atoms with van der Waals surface area (Å²) in [5.41, 5.74) is 8.93. The number of aliphatic hydroxyl groups is 2.